The minimum absolute atomic E-state index is 0.219. The molecule has 3 rings (SSSR count). The molecule has 0 fully saturated rings. The van der Waals surface area contributed by atoms with Crippen molar-refractivity contribution in [1.82, 2.24) is 24.7 Å². The van der Waals surface area contributed by atoms with Crippen molar-refractivity contribution < 1.29 is 4.79 Å². The Balaban J connectivity index is 1.76. The van der Waals surface area contributed by atoms with E-state index in [0.29, 0.717) is 28.8 Å². The lowest BCUT2D eigenvalue weighted by Crippen LogP contribution is -2.28. The Morgan fingerprint density at radius 2 is 1.93 bits per heavy atom. The van der Waals surface area contributed by atoms with Crippen molar-refractivity contribution in [2.24, 2.45) is 0 Å². The normalized spacial score (nSPS) is 11.0. The highest BCUT2D eigenvalue weighted by Crippen LogP contribution is 2.25. The number of benzene rings is 1. The molecule has 1 aromatic carbocycles. The average molecular weight is 438 g/mol. The van der Waals surface area contributed by atoms with Crippen LogP contribution in [-0.4, -0.2) is 31.8 Å². The van der Waals surface area contributed by atoms with Crippen LogP contribution >= 0.6 is 34.7 Å². The molecule has 0 bridgehead atoms. The molecule has 0 radical (unpaired) electrons. The monoisotopic (exact) mass is 437 g/mol. The van der Waals surface area contributed by atoms with Crippen LogP contribution in [0.1, 0.15) is 46.9 Å². The number of nitrogens with zero attached hydrogens (tertiary/aromatic N) is 4. The first-order valence-electron chi connectivity index (χ1n) is 9.09. The number of nitrogens with one attached hydrogen (secondary N) is 1. The van der Waals surface area contributed by atoms with Gasteiger partial charge in [0.15, 0.2) is 5.69 Å². The molecular formula is C19H21Cl2N5OS. The minimum atomic E-state index is -0.219. The van der Waals surface area contributed by atoms with E-state index in [0.717, 1.165) is 47.7 Å². The van der Waals surface area contributed by atoms with Crippen LogP contribution in [-0.2, 0) is 25.8 Å². The second-order valence-electron chi connectivity index (χ2n) is 6.30. The number of amides is 1. The van der Waals surface area contributed by atoms with Crippen LogP contribution in [0.5, 0.6) is 0 Å². The number of carbonyl (C=O) groups excluding carboxylic acids is 1. The quantitative estimate of drug-likeness (QED) is 0.573. The number of hydrogen-bond acceptors (Lipinski definition) is 5. The van der Waals surface area contributed by atoms with Crippen molar-refractivity contribution in [3.63, 3.8) is 0 Å². The van der Waals surface area contributed by atoms with Gasteiger partial charge < -0.3 is 5.32 Å². The van der Waals surface area contributed by atoms with E-state index in [1.807, 2.05) is 16.8 Å². The first-order chi connectivity index (χ1) is 13.5. The van der Waals surface area contributed by atoms with Crippen LogP contribution in [0, 0.1) is 0 Å². The Hall–Kier alpha value is -1.96. The van der Waals surface area contributed by atoms with Crippen LogP contribution in [0.4, 0.5) is 0 Å². The fourth-order valence-electron chi connectivity index (χ4n) is 3.20. The molecule has 0 aliphatic heterocycles. The molecule has 2 aromatic heterocycles. The smallest absolute Gasteiger partial charge is 0.272 e. The van der Waals surface area contributed by atoms with Crippen molar-refractivity contribution >= 4 is 40.6 Å². The van der Waals surface area contributed by atoms with Gasteiger partial charge in [-0.05, 0) is 48.1 Å². The first-order valence-corrected chi connectivity index (χ1v) is 10.7. The molecule has 0 saturated heterocycles. The molecule has 3 aromatic rings. The number of rotatable bonds is 8. The van der Waals surface area contributed by atoms with Gasteiger partial charge in [-0.25, -0.2) is 0 Å². The van der Waals surface area contributed by atoms with E-state index in [4.69, 9.17) is 28.3 Å². The van der Waals surface area contributed by atoms with Gasteiger partial charge in [-0.15, -0.1) is 5.10 Å². The highest BCUT2D eigenvalue weighted by atomic mass is 35.5. The Morgan fingerprint density at radius 3 is 2.54 bits per heavy atom. The number of halogens is 2. The Kier molecular flexibility index (Phi) is 7.04. The summed E-state index contributed by atoms with van der Waals surface area (Å²) >= 11 is 13.5. The summed E-state index contributed by atoms with van der Waals surface area (Å²) in [6, 6.07) is 5.61. The Labute approximate surface area is 178 Å². The number of carbonyl (C=O) groups is 1. The summed E-state index contributed by atoms with van der Waals surface area (Å²) in [5.41, 5.74) is 4.83. The van der Waals surface area contributed by atoms with E-state index in [1.54, 1.807) is 11.4 Å². The first kappa shape index (κ1) is 20.8. The maximum Gasteiger partial charge on any atom is 0.272 e. The Morgan fingerprint density at radius 1 is 1.18 bits per heavy atom. The minimum Gasteiger partial charge on any atom is -0.349 e. The van der Waals surface area contributed by atoms with Gasteiger partial charge in [-0.1, -0.05) is 41.5 Å². The average Bonchev–Trinajstić information content (AvgIpc) is 3.29. The van der Waals surface area contributed by atoms with Crippen molar-refractivity contribution in [2.45, 2.75) is 39.7 Å². The number of aryl methyl sites for hydroxylation is 1. The summed E-state index contributed by atoms with van der Waals surface area (Å²) in [4.78, 5) is 12.0. The zero-order chi connectivity index (χ0) is 20.1. The molecule has 0 atom stereocenters. The molecule has 0 aliphatic carbocycles. The summed E-state index contributed by atoms with van der Waals surface area (Å²) in [6.07, 6.45) is 2.41. The summed E-state index contributed by atoms with van der Waals surface area (Å²) < 4.78 is 5.70. The number of hydrogen-bond donors (Lipinski definition) is 1. The van der Waals surface area contributed by atoms with Crippen LogP contribution in [0.15, 0.2) is 23.6 Å². The van der Waals surface area contributed by atoms with Gasteiger partial charge in [0.1, 0.15) is 0 Å². The molecule has 0 spiro atoms. The topological polar surface area (TPSA) is 72.7 Å². The third kappa shape index (κ3) is 4.90. The lowest BCUT2D eigenvalue weighted by molar-refractivity contribution is 0.0947. The summed E-state index contributed by atoms with van der Waals surface area (Å²) in [7, 11) is 0. The van der Waals surface area contributed by atoms with Crippen LogP contribution in [0.2, 0.25) is 10.0 Å². The van der Waals surface area contributed by atoms with Crippen molar-refractivity contribution in [2.75, 3.05) is 6.54 Å². The van der Waals surface area contributed by atoms with Gasteiger partial charge in [0.25, 0.3) is 5.91 Å². The predicted octanol–water partition coefficient (Wildman–Crippen LogP) is 4.19. The molecule has 1 N–H and O–H groups in total. The summed E-state index contributed by atoms with van der Waals surface area (Å²) in [5, 5.41) is 14.3. The zero-order valence-electron chi connectivity index (χ0n) is 15.7. The van der Waals surface area contributed by atoms with Gasteiger partial charge in [0.05, 0.1) is 12.2 Å². The van der Waals surface area contributed by atoms with Crippen molar-refractivity contribution in [3.05, 3.63) is 61.8 Å². The third-order valence-electron chi connectivity index (χ3n) is 4.42. The van der Waals surface area contributed by atoms with Gasteiger partial charge >= 0.3 is 0 Å². The van der Waals surface area contributed by atoms with Crippen LogP contribution < -0.4 is 5.32 Å². The standard InChI is InChI=1S/C19H21Cl2N5OS/c1-3-16-15(9-12-7-13(20)10-14(21)8-12)18(4-2)26(24-16)6-5-22-19(27)17-11-28-25-23-17/h7-8,10-11H,3-6,9H2,1-2H3,(H,22,27). The highest BCUT2D eigenvalue weighted by Gasteiger charge is 2.17. The van der Waals surface area contributed by atoms with E-state index in [9.17, 15) is 4.79 Å². The highest BCUT2D eigenvalue weighted by molar-refractivity contribution is 7.03. The summed E-state index contributed by atoms with van der Waals surface area (Å²) in [6.45, 7) is 5.27. The van der Waals surface area contributed by atoms with E-state index in [1.165, 1.54) is 5.56 Å². The lowest BCUT2D eigenvalue weighted by Gasteiger charge is -2.09. The maximum absolute atomic E-state index is 12.0. The van der Waals surface area contributed by atoms with Gasteiger partial charge in [-0.2, -0.15) is 5.10 Å². The molecule has 6 nitrogen and oxygen atoms in total. The maximum atomic E-state index is 12.0. The SMILES string of the molecule is CCc1nn(CCNC(=O)c2csnn2)c(CC)c1Cc1cc(Cl)cc(Cl)c1. The molecule has 0 unspecified atom stereocenters. The van der Waals surface area contributed by atoms with Crippen LogP contribution in [0.25, 0.3) is 0 Å². The largest absolute Gasteiger partial charge is 0.349 e. The van der Waals surface area contributed by atoms with Gasteiger partial charge in [-0.3, -0.25) is 9.48 Å². The summed E-state index contributed by atoms with van der Waals surface area (Å²) in [5.74, 6) is -0.219. The predicted molar refractivity (Wildman–Crippen MR) is 112 cm³/mol. The molecule has 0 aliphatic rings. The van der Waals surface area contributed by atoms with E-state index in [-0.39, 0.29) is 5.91 Å². The molecular weight excluding hydrogens is 417 g/mol. The van der Waals surface area contributed by atoms with Crippen molar-refractivity contribution in [3.8, 4) is 0 Å². The molecule has 1 amide bonds. The van der Waals surface area contributed by atoms with Crippen molar-refractivity contribution in [1.29, 1.82) is 0 Å². The second kappa shape index (κ2) is 9.49. The fraction of sp³-hybridized carbons (Fsp3) is 0.368. The van der Waals surface area contributed by atoms with Gasteiger partial charge in [0, 0.05) is 39.6 Å². The van der Waals surface area contributed by atoms with E-state index in [2.05, 4.69) is 28.8 Å². The molecule has 148 valence electrons. The molecule has 2 heterocycles. The Bertz CT molecular complexity index is 935. The van der Waals surface area contributed by atoms with E-state index >= 15 is 0 Å². The second-order valence-corrected chi connectivity index (χ2v) is 7.79. The van der Waals surface area contributed by atoms with Crippen LogP contribution in [0.3, 0.4) is 0 Å². The zero-order valence-corrected chi connectivity index (χ0v) is 18.0. The lowest BCUT2D eigenvalue weighted by atomic mass is 10.0. The molecule has 9 heteroatoms. The molecule has 0 saturated carbocycles. The third-order valence-corrected chi connectivity index (χ3v) is 5.37. The fourth-order valence-corrected chi connectivity index (χ4v) is 4.21. The van der Waals surface area contributed by atoms with Gasteiger partial charge in [0.2, 0.25) is 0 Å². The number of aromatic nitrogens is 4. The molecule has 28 heavy (non-hydrogen) atoms. The van der Waals surface area contributed by atoms with E-state index < -0.39 is 0 Å².